The lowest BCUT2D eigenvalue weighted by molar-refractivity contribution is 0.0000982. The first kappa shape index (κ1) is 14.4. The molecule has 1 fully saturated rings. The highest BCUT2D eigenvalue weighted by Gasteiger charge is 2.27. The van der Waals surface area contributed by atoms with E-state index < -0.39 is 0 Å². The highest BCUT2D eigenvalue weighted by atomic mass is 16.5. The lowest BCUT2D eigenvalue weighted by atomic mass is 9.94. The van der Waals surface area contributed by atoms with Gasteiger partial charge in [-0.2, -0.15) is 4.98 Å². The Bertz CT molecular complexity index is 795. The molecule has 0 amide bonds. The quantitative estimate of drug-likeness (QED) is 0.800. The van der Waals surface area contributed by atoms with E-state index in [0.29, 0.717) is 18.4 Å². The second-order valence-electron chi connectivity index (χ2n) is 6.06. The first-order valence-corrected chi connectivity index (χ1v) is 8.18. The zero-order valence-electron chi connectivity index (χ0n) is 13.2. The van der Waals surface area contributed by atoms with Crippen molar-refractivity contribution < 1.29 is 9.26 Å². The fraction of sp³-hybridized carbons (Fsp3) is 0.471. The molecule has 3 aromatic rings. The van der Waals surface area contributed by atoms with Gasteiger partial charge in [-0.15, -0.1) is 0 Å². The molecule has 6 heteroatoms. The van der Waals surface area contributed by atoms with Gasteiger partial charge in [-0.05, 0) is 37.0 Å². The first-order valence-electron chi connectivity index (χ1n) is 8.18. The van der Waals surface area contributed by atoms with Gasteiger partial charge in [0.1, 0.15) is 5.65 Å². The van der Waals surface area contributed by atoms with Crippen molar-refractivity contribution in [1.82, 2.24) is 20.1 Å². The molecule has 3 aromatic heterocycles. The van der Waals surface area contributed by atoms with Crippen LogP contribution in [0.15, 0.2) is 29.0 Å². The van der Waals surface area contributed by atoms with Crippen LogP contribution < -0.4 is 0 Å². The van der Waals surface area contributed by atoms with Crippen molar-refractivity contribution in [1.29, 1.82) is 0 Å². The summed E-state index contributed by atoms with van der Waals surface area (Å²) in [6.07, 6.45) is 7.66. The highest BCUT2D eigenvalue weighted by molar-refractivity contribution is 5.79. The summed E-state index contributed by atoms with van der Waals surface area (Å²) >= 11 is 0. The molecule has 0 aliphatic carbocycles. The molecule has 4 rings (SSSR count). The molecule has 0 bridgehead atoms. The van der Waals surface area contributed by atoms with E-state index in [0.717, 1.165) is 54.2 Å². The van der Waals surface area contributed by atoms with E-state index in [1.807, 2.05) is 12.3 Å². The van der Waals surface area contributed by atoms with Crippen molar-refractivity contribution in [2.24, 2.45) is 0 Å². The molecular weight excluding hydrogens is 292 g/mol. The molecule has 1 N–H and O–H groups in total. The third-order valence-corrected chi connectivity index (χ3v) is 4.54. The van der Waals surface area contributed by atoms with Gasteiger partial charge in [0.2, 0.25) is 5.89 Å². The van der Waals surface area contributed by atoms with Crippen LogP contribution in [0, 0.1) is 0 Å². The minimum Gasteiger partial charge on any atom is -0.378 e. The van der Waals surface area contributed by atoms with Crippen LogP contribution >= 0.6 is 0 Å². The zero-order chi connectivity index (χ0) is 15.6. The molecule has 0 radical (unpaired) electrons. The Morgan fingerprint density at radius 2 is 2.35 bits per heavy atom. The Labute approximate surface area is 134 Å². The largest absolute Gasteiger partial charge is 0.378 e. The molecule has 0 spiro atoms. The number of pyridine rings is 1. The van der Waals surface area contributed by atoms with Crippen LogP contribution in [0.3, 0.4) is 0 Å². The van der Waals surface area contributed by atoms with Crippen molar-refractivity contribution in [3.63, 3.8) is 0 Å². The van der Waals surface area contributed by atoms with E-state index in [9.17, 15) is 0 Å². The number of rotatable bonds is 4. The average Bonchev–Trinajstić information content (AvgIpc) is 3.23. The van der Waals surface area contributed by atoms with E-state index in [2.05, 4.69) is 33.1 Å². The highest BCUT2D eigenvalue weighted by Crippen LogP contribution is 2.30. The zero-order valence-corrected chi connectivity index (χ0v) is 13.2. The van der Waals surface area contributed by atoms with E-state index in [1.165, 1.54) is 0 Å². The van der Waals surface area contributed by atoms with Crippen LogP contribution in [-0.4, -0.2) is 32.8 Å². The van der Waals surface area contributed by atoms with Crippen LogP contribution in [0.1, 0.15) is 49.4 Å². The normalized spacial score (nSPS) is 21.8. The van der Waals surface area contributed by atoms with Crippen molar-refractivity contribution >= 4 is 11.0 Å². The number of hydrogen-bond acceptors (Lipinski definition) is 5. The number of hydrogen-bond donors (Lipinski definition) is 1. The third-order valence-electron chi connectivity index (χ3n) is 4.54. The average molecular weight is 312 g/mol. The minimum absolute atomic E-state index is 0.309. The predicted molar refractivity (Wildman–Crippen MR) is 85.2 cm³/mol. The molecule has 23 heavy (non-hydrogen) atoms. The maximum Gasteiger partial charge on any atom is 0.229 e. The topological polar surface area (TPSA) is 76.8 Å². The summed E-state index contributed by atoms with van der Waals surface area (Å²) in [5.74, 6) is 1.79. The van der Waals surface area contributed by atoms with Crippen LogP contribution in [0.4, 0.5) is 0 Å². The molecule has 0 saturated carbocycles. The predicted octanol–water partition coefficient (Wildman–Crippen LogP) is 3.21. The number of H-pyrrole nitrogens is 1. The molecule has 1 saturated heterocycles. The van der Waals surface area contributed by atoms with Gasteiger partial charge in [-0.25, -0.2) is 4.98 Å². The summed E-state index contributed by atoms with van der Waals surface area (Å²) in [7, 11) is 0. The summed E-state index contributed by atoms with van der Waals surface area (Å²) in [6.45, 7) is 2.92. The minimum atomic E-state index is 0.309. The first-order chi connectivity index (χ1) is 11.3. The number of ether oxygens (including phenoxy) is 1. The van der Waals surface area contributed by atoms with Crippen LogP contribution in [0.5, 0.6) is 0 Å². The Morgan fingerprint density at radius 1 is 1.39 bits per heavy atom. The van der Waals surface area contributed by atoms with Gasteiger partial charge >= 0.3 is 0 Å². The van der Waals surface area contributed by atoms with Gasteiger partial charge < -0.3 is 14.2 Å². The van der Waals surface area contributed by atoms with Crippen LogP contribution in [-0.2, 0) is 11.2 Å². The molecule has 4 heterocycles. The summed E-state index contributed by atoms with van der Waals surface area (Å²) in [5.41, 5.74) is 2.03. The third kappa shape index (κ3) is 2.86. The Hall–Kier alpha value is -2.21. The van der Waals surface area contributed by atoms with Gasteiger partial charge in [-0.3, -0.25) is 0 Å². The standard InChI is InChI=1S/C17H20N4O2/c1-2-13-8-11(5-7-22-13)17-20-15(21-23-17)9-12-10-19-16-14(12)4-3-6-18-16/h3-4,6,10-11,13H,2,5,7-9H2,1H3,(H,18,19)/t11-,13+/m0/s1. The number of nitrogens with zero attached hydrogens (tertiary/aromatic N) is 3. The fourth-order valence-electron chi connectivity index (χ4n) is 3.22. The second-order valence-corrected chi connectivity index (χ2v) is 6.06. The Balaban J connectivity index is 1.52. The lowest BCUT2D eigenvalue weighted by Crippen LogP contribution is -2.24. The number of aromatic amines is 1. The molecule has 1 aliphatic heterocycles. The molecule has 2 atom stereocenters. The monoisotopic (exact) mass is 312 g/mol. The lowest BCUT2D eigenvalue weighted by Gasteiger charge is -2.26. The fourth-order valence-corrected chi connectivity index (χ4v) is 3.22. The maximum atomic E-state index is 5.72. The molecule has 0 unspecified atom stereocenters. The van der Waals surface area contributed by atoms with Gasteiger partial charge in [0.05, 0.1) is 6.10 Å². The Morgan fingerprint density at radius 3 is 3.26 bits per heavy atom. The van der Waals surface area contributed by atoms with Gasteiger partial charge in [-0.1, -0.05) is 12.1 Å². The summed E-state index contributed by atoms with van der Waals surface area (Å²) in [6, 6.07) is 3.99. The summed E-state index contributed by atoms with van der Waals surface area (Å²) in [4.78, 5) is 12.1. The molecular formula is C17H20N4O2. The summed E-state index contributed by atoms with van der Waals surface area (Å²) in [5, 5.41) is 5.27. The van der Waals surface area contributed by atoms with Gasteiger partial charge in [0.15, 0.2) is 5.82 Å². The van der Waals surface area contributed by atoms with Gasteiger partial charge in [0.25, 0.3) is 0 Å². The van der Waals surface area contributed by atoms with E-state index in [-0.39, 0.29) is 0 Å². The number of nitrogens with one attached hydrogen (secondary N) is 1. The van der Waals surface area contributed by atoms with Gasteiger partial charge in [0, 0.05) is 36.7 Å². The number of aromatic nitrogens is 4. The second kappa shape index (κ2) is 6.12. The molecule has 6 nitrogen and oxygen atoms in total. The van der Waals surface area contributed by atoms with Crippen LogP contribution in [0.2, 0.25) is 0 Å². The van der Waals surface area contributed by atoms with Crippen molar-refractivity contribution in [3.05, 3.63) is 41.8 Å². The van der Waals surface area contributed by atoms with Crippen LogP contribution in [0.25, 0.3) is 11.0 Å². The number of fused-ring (bicyclic) bond motifs is 1. The summed E-state index contributed by atoms with van der Waals surface area (Å²) < 4.78 is 11.2. The van der Waals surface area contributed by atoms with Crippen molar-refractivity contribution in [3.8, 4) is 0 Å². The van der Waals surface area contributed by atoms with E-state index >= 15 is 0 Å². The molecule has 0 aromatic carbocycles. The smallest absolute Gasteiger partial charge is 0.229 e. The molecule has 120 valence electrons. The van der Waals surface area contributed by atoms with E-state index in [4.69, 9.17) is 9.26 Å². The molecule has 1 aliphatic rings. The van der Waals surface area contributed by atoms with Crippen molar-refractivity contribution in [2.75, 3.05) is 6.61 Å². The SMILES string of the molecule is CC[C@@H]1C[C@@H](c2nc(Cc3c[nH]c4ncccc34)no2)CCO1. The van der Waals surface area contributed by atoms with E-state index in [1.54, 1.807) is 6.20 Å². The van der Waals surface area contributed by atoms with Crippen molar-refractivity contribution in [2.45, 2.75) is 44.6 Å². The maximum absolute atomic E-state index is 5.72. The Kier molecular flexibility index (Phi) is 3.83.